The quantitative estimate of drug-likeness (QED) is 0.650. The molecular weight excluding hydrogens is 396 g/mol. The Morgan fingerprint density at radius 3 is 2.00 bits per heavy atom. The Bertz CT molecular complexity index is 1110. The molecule has 0 spiro atoms. The Balaban J connectivity index is 1.67. The molecule has 1 N–H and O–H groups in total. The number of benzene rings is 3. The van der Waals surface area contributed by atoms with Gasteiger partial charge in [-0.05, 0) is 48.2 Å². The molecule has 0 unspecified atom stereocenters. The van der Waals surface area contributed by atoms with Crippen LogP contribution in [0.15, 0.2) is 83.8 Å². The number of nitrogens with zero attached hydrogens (tertiary/aromatic N) is 1. The summed E-state index contributed by atoms with van der Waals surface area (Å²) in [5.74, 6) is 0.0834. The summed E-state index contributed by atoms with van der Waals surface area (Å²) < 4.78 is 29.4. The first-order chi connectivity index (χ1) is 14.5. The molecule has 154 valence electrons. The maximum atomic E-state index is 13.2. The van der Waals surface area contributed by atoms with Gasteiger partial charge in [0.05, 0.1) is 10.9 Å². The number of nitrogens with one attached hydrogen (secondary N) is 1. The summed E-state index contributed by atoms with van der Waals surface area (Å²) in [6.07, 6.45) is 1.37. The van der Waals surface area contributed by atoms with E-state index in [1.807, 2.05) is 67.6 Å². The van der Waals surface area contributed by atoms with Crippen LogP contribution in [-0.4, -0.2) is 20.9 Å². The van der Waals surface area contributed by atoms with Gasteiger partial charge in [-0.25, -0.2) is 8.42 Å². The molecule has 5 nitrogen and oxygen atoms in total. The number of carbonyl (C=O) groups is 1. The lowest BCUT2D eigenvalue weighted by atomic mass is 10.00. The standard InChI is InChI=1S/C24H24N2O3S/c1-18-17-21(14-15-22(18)26-16-8-13-23(26)27)30(28,29)25-24(19-9-4-2-5-10-19)20-11-6-3-7-12-20/h2-7,9-12,14-15,17,24-25H,8,13,16H2,1H3. The number of amides is 1. The van der Waals surface area contributed by atoms with Crippen LogP contribution < -0.4 is 9.62 Å². The Morgan fingerprint density at radius 2 is 1.50 bits per heavy atom. The molecule has 0 atom stereocenters. The average Bonchev–Trinajstić information content (AvgIpc) is 3.19. The average molecular weight is 421 g/mol. The topological polar surface area (TPSA) is 66.5 Å². The van der Waals surface area contributed by atoms with Crippen LogP contribution in [0, 0.1) is 6.92 Å². The monoisotopic (exact) mass is 420 g/mol. The predicted molar refractivity (Wildman–Crippen MR) is 118 cm³/mol. The molecule has 3 aromatic rings. The summed E-state index contributed by atoms with van der Waals surface area (Å²) in [6.45, 7) is 2.51. The van der Waals surface area contributed by atoms with Gasteiger partial charge in [-0.2, -0.15) is 4.72 Å². The van der Waals surface area contributed by atoms with E-state index in [1.165, 1.54) is 0 Å². The summed E-state index contributed by atoms with van der Waals surface area (Å²) in [7, 11) is -3.79. The largest absolute Gasteiger partial charge is 0.312 e. The van der Waals surface area contributed by atoms with Crippen LogP contribution in [0.4, 0.5) is 5.69 Å². The van der Waals surface area contributed by atoms with Crippen molar-refractivity contribution in [3.63, 3.8) is 0 Å². The Morgan fingerprint density at radius 1 is 0.900 bits per heavy atom. The highest BCUT2D eigenvalue weighted by atomic mass is 32.2. The fourth-order valence-corrected chi connectivity index (χ4v) is 5.14. The summed E-state index contributed by atoms with van der Waals surface area (Å²) >= 11 is 0. The van der Waals surface area contributed by atoms with Gasteiger partial charge in [0, 0.05) is 18.7 Å². The number of anilines is 1. The molecule has 30 heavy (non-hydrogen) atoms. The minimum atomic E-state index is -3.79. The van der Waals surface area contributed by atoms with Crippen LogP contribution in [0.5, 0.6) is 0 Å². The molecule has 0 saturated carbocycles. The highest BCUT2D eigenvalue weighted by Gasteiger charge is 2.26. The van der Waals surface area contributed by atoms with Crippen LogP contribution in [0.3, 0.4) is 0 Å². The van der Waals surface area contributed by atoms with Crippen molar-refractivity contribution in [2.24, 2.45) is 0 Å². The predicted octanol–water partition coefficient (Wildman–Crippen LogP) is 4.19. The first-order valence-corrected chi connectivity index (χ1v) is 11.5. The van der Waals surface area contributed by atoms with E-state index in [0.717, 1.165) is 28.8 Å². The fraction of sp³-hybridized carbons (Fsp3) is 0.208. The van der Waals surface area contributed by atoms with Gasteiger partial charge >= 0.3 is 0 Å². The second-order valence-corrected chi connectivity index (χ2v) is 9.19. The van der Waals surface area contributed by atoms with E-state index in [4.69, 9.17) is 0 Å². The van der Waals surface area contributed by atoms with Crippen LogP contribution >= 0.6 is 0 Å². The summed E-state index contributed by atoms with van der Waals surface area (Å²) in [6, 6.07) is 23.5. The van der Waals surface area contributed by atoms with Gasteiger partial charge in [-0.1, -0.05) is 60.7 Å². The Hall–Kier alpha value is -2.96. The molecule has 6 heteroatoms. The van der Waals surface area contributed by atoms with E-state index in [2.05, 4.69) is 4.72 Å². The van der Waals surface area contributed by atoms with Crippen LogP contribution in [-0.2, 0) is 14.8 Å². The van der Waals surface area contributed by atoms with E-state index in [-0.39, 0.29) is 10.8 Å². The van der Waals surface area contributed by atoms with E-state index >= 15 is 0 Å². The van der Waals surface area contributed by atoms with E-state index < -0.39 is 16.1 Å². The highest BCUT2D eigenvalue weighted by molar-refractivity contribution is 7.89. The zero-order valence-electron chi connectivity index (χ0n) is 16.8. The second kappa shape index (κ2) is 8.42. The minimum Gasteiger partial charge on any atom is -0.312 e. The Labute approximate surface area is 177 Å². The number of rotatable bonds is 6. The lowest BCUT2D eigenvalue weighted by Crippen LogP contribution is -2.30. The Kier molecular flexibility index (Phi) is 5.70. The van der Waals surface area contributed by atoms with E-state index in [9.17, 15) is 13.2 Å². The van der Waals surface area contributed by atoms with Gasteiger partial charge in [-0.3, -0.25) is 4.79 Å². The van der Waals surface area contributed by atoms with Crippen molar-refractivity contribution in [2.75, 3.05) is 11.4 Å². The molecule has 1 aliphatic rings. The number of sulfonamides is 1. The second-order valence-electron chi connectivity index (χ2n) is 7.47. The zero-order valence-corrected chi connectivity index (χ0v) is 17.6. The molecule has 0 aliphatic carbocycles. The lowest BCUT2D eigenvalue weighted by Gasteiger charge is -2.22. The molecule has 1 amide bonds. The third kappa shape index (κ3) is 4.15. The minimum absolute atomic E-state index is 0.0834. The summed E-state index contributed by atoms with van der Waals surface area (Å²) in [5.41, 5.74) is 3.27. The fourth-order valence-electron chi connectivity index (χ4n) is 3.84. The number of aryl methyl sites for hydroxylation is 1. The van der Waals surface area contributed by atoms with Crippen LogP contribution in [0.1, 0.15) is 35.6 Å². The molecule has 1 heterocycles. The SMILES string of the molecule is Cc1cc(S(=O)(=O)NC(c2ccccc2)c2ccccc2)ccc1N1CCCC1=O. The van der Waals surface area contributed by atoms with Gasteiger partial charge in [0.1, 0.15) is 0 Å². The van der Waals surface area contributed by atoms with Crippen LogP contribution in [0.2, 0.25) is 0 Å². The molecule has 4 rings (SSSR count). The third-order valence-electron chi connectivity index (χ3n) is 5.38. The van der Waals surface area contributed by atoms with E-state index in [1.54, 1.807) is 23.1 Å². The van der Waals surface area contributed by atoms with Crippen molar-refractivity contribution in [3.8, 4) is 0 Å². The maximum absolute atomic E-state index is 13.2. The van der Waals surface area contributed by atoms with Crippen molar-refractivity contribution in [3.05, 3.63) is 95.6 Å². The van der Waals surface area contributed by atoms with Gasteiger partial charge in [-0.15, -0.1) is 0 Å². The first kappa shape index (κ1) is 20.3. The summed E-state index contributed by atoms with van der Waals surface area (Å²) in [5, 5.41) is 0. The van der Waals surface area contributed by atoms with Crippen molar-refractivity contribution < 1.29 is 13.2 Å². The van der Waals surface area contributed by atoms with Gasteiger partial charge in [0.15, 0.2) is 0 Å². The lowest BCUT2D eigenvalue weighted by molar-refractivity contribution is -0.117. The molecule has 0 aromatic heterocycles. The third-order valence-corrected chi connectivity index (χ3v) is 6.80. The molecule has 0 bridgehead atoms. The van der Waals surface area contributed by atoms with Crippen molar-refractivity contribution in [1.29, 1.82) is 0 Å². The van der Waals surface area contributed by atoms with Crippen LogP contribution in [0.25, 0.3) is 0 Å². The number of hydrogen-bond donors (Lipinski definition) is 1. The number of hydrogen-bond acceptors (Lipinski definition) is 3. The number of carbonyl (C=O) groups excluding carboxylic acids is 1. The molecule has 1 saturated heterocycles. The molecular formula is C24H24N2O3S. The van der Waals surface area contributed by atoms with E-state index in [0.29, 0.717) is 13.0 Å². The molecule has 1 aliphatic heterocycles. The highest BCUT2D eigenvalue weighted by Crippen LogP contribution is 2.29. The molecule has 1 fully saturated rings. The molecule has 0 radical (unpaired) electrons. The van der Waals surface area contributed by atoms with Gasteiger partial charge in [0.2, 0.25) is 15.9 Å². The first-order valence-electron chi connectivity index (χ1n) is 9.99. The van der Waals surface area contributed by atoms with Crippen molar-refractivity contribution in [1.82, 2.24) is 4.72 Å². The zero-order chi connectivity index (χ0) is 21.1. The van der Waals surface area contributed by atoms with Crippen molar-refractivity contribution >= 4 is 21.6 Å². The summed E-state index contributed by atoms with van der Waals surface area (Å²) in [4.78, 5) is 14.0. The maximum Gasteiger partial charge on any atom is 0.241 e. The van der Waals surface area contributed by atoms with Gasteiger partial charge < -0.3 is 4.90 Å². The molecule has 3 aromatic carbocycles. The van der Waals surface area contributed by atoms with Gasteiger partial charge in [0.25, 0.3) is 0 Å². The normalized spacial score (nSPS) is 14.5. The van der Waals surface area contributed by atoms with Crippen molar-refractivity contribution in [2.45, 2.75) is 30.7 Å². The smallest absolute Gasteiger partial charge is 0.241 e.